The van der Waals surface area contributed by atoms with Crippen molar-refractivity contribution in [2.75, 3.05) is 30.0 Å². The number of ether oxygens (including phenoxy) is 2. The van der Waals surface area contributed by atoms with Gasteiger partial charge in [-0.25, -0.2) is 0 Å². The number of nitrogens with zero attached hydrogens (tertiary/aromatic N) is 1. The molecule has 4 rings (SSSR count). The first kappa shape index (κ1) is 22.4. The van der Waals surface area contributed by atoms with Gasteiger partial charge in [-0.1, -0.05) is 35.9 Å². The molecule has 6 nitrogen and oxygen atoms in total. The molecule has 3 aromatic rings. The zero-order valence-corrected chi connectivity index (χ0v) is 18.8. The van der Waals surface area contributed by atoms with Crippen LogP contribution in [-0.2, 0) is 9.59 Å². The van der Waals surface area contributed by atoms with Gasteiger partial charge in [-0.05, 0) is 66.6 Å². The standard InChI is InChI=1S/C26H23ClN2O4/c1-18-3-2-4-22(15-18)32-14-13-29-23-16-21(10-11-24(23)33-17-26(29)31)28-25(30)12-7-19-5-8-20(27)9-6-19/h2-12,15-16H,13-14,17H2,1H3,(H,28,30)/b12-7+. The highest BCUT2D eigenvalue weighted by atomic mass is 35.5. The van der Waals surface area contributed by atoms with E-state index in [2.05, 4.69) is 5.32 Å². The number of fused-ring (bicyclic) bond motifs is 1. The average molecular weight is 463 g/mol. The lowest BCUT2D eigenvalue weighted by Gasteiger charge is -2.29. The number of anilines is 2. The molecule has 168 valence electrons. The van der Waals surface area contributed by atoms with Gasteiger partial charge in [0.1, 0.15) is 18.1 Å². The van der Waals surface area contributed by atoms with Crippen molar-refractivity contribution in [1.82, 2.24) is 0 Å². The van der Waals surface area contributed by atoms with Crippen molar-refractivity contribution < 1.29 is 19.1 Å². The van der Waals surface area contributed by atoms with E-state index in [4.69, 9.17) is 21.1 Å². The molecule has 0 fully saturated rings. The Bertz CT molecular complexity index is 1190. The van der Waals surface area contributed by atoms with Crippen LogP contribution in [0, 0.1) is 6.92 Å². The molecule has 7 heteroatoms. The quantitative estimate of drug-likeness (QED) is 0.496. The Hall–Kier alpha value is -3.77. The van der Waals surface area contributed by atoms with Crippen molar-refractivity contribution in [3.8, 4) is 11.5 Å². The van der Waals surface area contributed by atoms with E-state index < -0.39 is 0 Å². The highest BCUT2D eigenvalue weighted by Gasteiger charge is 2.26. The topological polar surface area (TPSA) is 67.9 Å². The third-order valence-electron chi connectivity index (χ3n) is 5.04. The number of halogens is 1. The first-order valence-corrected chi connectivity index (χ1v) is 10.9. The van der Waals surface area contributed by atoms with Crippen LogP contribution in [-0.4, -0.2) is 31.6 Å². The minimum atomic E-state index is -0.290. The Balaban J connectivity index is 1.42. The summed E-state index contributed by atoms with van der Waals surface area (Å²) in [5.74, 6) is 0.882. The Morgan fingerprint density at radius 3 is 2.76 bits per heavy atom. The molecule has 1 aliphatic heterocycles. The molecule has 0 saturated heterocycles. The number of nitrogens with one attached hydrogen (secondary N) is 1. The lowest BCUT2D eigenvalue weighted by molar-refractivity contribution is -0.121. The number of benzene rings is 3. The van der Waals surface area contributed by atoms with Gasteiger partial charge in [-0.15, -0.1) is 0 Å². The second-order valence-electron chi connectivity index (χ2n) is 7.56. The highest BCUT2D eigenvalue weighted by Crippen LogP contribution is 2.34. The zero-order valence-electron chi connectivity index (χ0n) is 18.1. The summed E-state index contributed by atoms with van der Waals surface area (Å²) in [4.78, 5) is 26.5. The molecule has 0 spiro atoms. The van der Waals surface area contributed by atoms with Crippen LogP contribution < -0.4 is 19.7 Å². The van der Waals surface area contributed by atoms with Crippen molar-refractivity contribution in [2.24, 2.45) is 0 Å². The number of carbonyl (C=O) groups excluding carboxylic acids is 2. The van der Waals surface area contributed by atoms with Gasteiger partial charge in [-0.3, -0.25) is 9.59 Å². The third kappa shape index (κ3) is 5.93. The molecular weight excluding hydrogens is 440 g/mol. The third-order valence-corrected chi connectivity index (χ3v) is 5.29. The van der Waals surface area contributed by atoms with Crippen LogP contribution in [0.25, 0.3) is 6.08 Å². The fourth-order valence-corrected chi connectivity index (χ4v) is 3.54. The molecule has 2 amide bonds. The monoisotopic (exact) mass is 462 g/mol. The van der Waals surface area contributed by atoms with Gasteiger partial charge in [0.15, 0.2) is 6.61 Å². The van der Waals surface area contributed by atoms with Gasteiger partial charge in [0.05, 0.1) is 12.2 Å². The summed E-state index contributed by atoms with van der Waals surface area (Å²) in [5, 5.41) is 3.46. The van der Waals surface area contributed by atoms with Crippen molar-refractivity contribution in [2.45, 2.75) is 6.92 Å². The fourth-order valence-electron chi connectivity index (χ4n) is 3.41. The second kappa shape index (κ2) is 10.2. The number of carbonyl (C=O) groups is 2. The molecule has 0 aliphatic carbocycles. The summed E-state index contributed by atoms with van der Waals surface area (Å²) in [5.41, 5.74) is 3.12. The average Bonchev–Trinajstić information content (AvgIpc) is 2.80. The van der Waals surface area contributed by atoms with Gasteiger partial charge in [0.25, 0.3) is 5.91 Å². The maximum Gasteiger partial charge on any atom is 0.265 e. The van der Waals surface area contributed by atoms with Crippen LogP contribution in [0.5, 0.6) is 11.5 Å². The van der Waals surface area contributed by atoms with Crippen molar-refractivity contribution >= 4 is 40.9 Å². The van der Waals surface area contributed by atoms with Crippen molar-refractivity contribution in [1.29, 1.82) is 0 Å². The Morgan fingerprint density at radius 1 is 1.15 bits per heavy atom. The van der Waals surface area contributed by atoms with E-state index in [0.29, 0.717) is 35.3 Å². The van der Waals surface area contributed by atoms with Crippen molar-refractivity contribution in [3.05, 3.63) is 89.0 Å². The van der Waals surface area contributed by atoms with Gasteiger partial charge >= 0.3 is 0 Å². The SMILES string of the molecule is Cc1cccc(OCCN2C(=O)COc3ccc(NC(=O)/C=C/c4ccc(Cl)cc4)cc32)c1. The summed E-state index contributed by atoms with van der Waals surface area (Å²) < 4.78 is 11.4. The number of rotatable bonds is 7. The van der Waals surface area contributed by atoms with Crippen LogP contribution in [0.4, 0.5) is 11.4 Å². The fraction of sp³-hybridized carbons (Fsp3) is 0.154. The van der Waals surface area contributed by atoms with Gasteiger partial charge < -0.3 is 19.7 Å². The molecule has 33 heavy (non-hydrogen) atoms. The maximum absolute atomic E-state index is 12.5. The van der Waals surface area contributed by atoms with Crippen molar-refractivity contribution in [3.63, 3.8) is 0 Å². The van der Waals surface area contributed by atoms with Crippen LogP contribution in [0.1, 0.15) is 11.1 Å². The van der Waals surface area contributed by atoms with Crippen LogP contribution in [0.2, 0.25) is 5.02 Å². The summed E-state index contributed by atoms with van der Waals surface area (Å²) in [7, 11) is 0. The first-order chi connectivity index (χ1) is 16.0. The molecule has 0 saturated carbocycles. The van der Waals surface area contributed by atoms with E-state index in [1.54, 1.807) is 41.3 Å². The summed E-state index contributed by atoms with van der Waals surface area (Å²) >= 11 is 5.88. The molecule has 1 N–H and O–H groups in total. The van der Waals surface area contributed by atoms with Gasteiger partial charge in [-0.2, -0.15) is 0 Å². The number of hydrogen-bond donors (Lipinski definition) is 1. The predicted molar refractivity (Wildman–Crippen MR) is 130 cm³/mol. The predicted octanol–water partition coefficient (Wildman–Crippen LogP) is 5.10. The molecule has 0 atom stereocenters. The minimum Gasteiger partial charge on any atom is -0.492 e. The summed E-state index contributed by atoms with van der Waals surface area (Å²) in [6, 6.07) is 20.1. The number of amides is 2. The minimum absolute atomic E-state index is 0.0347. The molecule has 1 aliphatic rings. The largest absolute Gasteiger partial charge is 0.492 e. The molecule has 0 radical (unpaired) electrons. The van der Waals surface area contributed by atoms with E-state index in [9.17, 15) is 9.59 Å². The molecule has 0 aromatic heterocycles. The van der Waals surface area contributed by atoms with Crippen LogP contribution in [0.3, 0.4) is 0 Å². The smallest absolute Gasteiger partial charge is 0.265 e. The van der Waals surface area contributed by atoms with Gasteiger partial charge in [0.2, 0.25) is 5.91 Å². The zero-order chi connectivity index (χ0) is 23.2. The lowest BCUT2D eigenvalue weighted by Crippen LogP contribution is -2.41. The van der Waals surface area contributed by atoms with E-state index in [1.807, 2.05) is 43.3 Å². The molecule has 0 bridgehead atoms. The molecule has 0 unspecified atom stereocenters. The van der Waals surface area contributed by atoms with Gasteiger partial charge in [0, 0.05) is 16.8 Å². The normalized spacial score (nSPS) is 12.9. The Labute approximate surface area is 197 Å². The summed E-state index contributed by atoms with van der Waals surface area (Å²) in [6.45, 7) is 2.65. The van der Waals surface area contributed by atoms with E-state index in [-0.39, 0.29) is 18.4 Å². The van der Waals surface area contributed by atoms with Crippen LogP contribution in [0.15, 0.2) is 72.8 Å². The molecule has 3 aromatic carbocycles. The second-order valence-corrected chi connectivity index (χ2v) is 7.99. The molecular formula is C26H23ClN2O4. The van der Waals surface area contributed by atoms with E-state index in [0.717, 1.165) is 16.9 Å². The van der Waals surface area contributed by atoms with E-state index >= 15 is 0 Å². The first-order valence-electron chi connectivity index (χ1n) is 10.5. The Kier molecular flexibility index (Phi) is 6.95. The Morgan fingerprint density at radius 2 is 1.97 bits per heavy atom. The highest BCUT2D eigenvalue weighted by molar-refractivity contribution is 6.30. The lowest BCUT2D eigenvalue weighted by atomic mass is 10.2. The maximum atomic E-state index is 12.5. The van der Waals surface area contributed by atoms with Crippen LogP contribution >= 0.6 is 11.6 Å². The summed E-state index contributed by atoms with van der Waals surface area (Å²) in [6.07, 6.45) is 3.14. The number of hydrogen-bond acceptors (Lipinski definition) is 4. The van der Waals surface area contributed by atoms with E-state index in [1.165, 1.54) is 6.08 Å². The molecule has 1 heterocycles. The number of aryl methyl sites for hydroxylation is 1.